The van der Waals surface area contributed by atoms with Crippen LogP contribution in [0.4, 0.5) is 0 Å². The Morgan fingerprint density at radius 3 is 2.20 bits per heavy atom. The Balaban J connectivity index is 2.21. The molecule has 4 heteroatoms. The van der Waals surface area contributed by atoms with Crippen molar-refractivity contribution in [2.24, 2.45) is 10.8 Å². The third-order valence-electron chi connectivity index (χ3n) is 4.21. The van der Waals surface area contributed by atoms with Crippen molar-refractivity contribution in [3.8, 4) is 0 Å². The molecule has 0 atom stereocenters. The number of ether oxygens (including phenoxy) is 1. The van der Waals surface area contributed by atoms with Gasteiger partial charge < -0.3 is 14.9 Å². The van der Waals surface area contributed by atoms with E-state index in [1.165, 1.54) is 0 Å². The first-order chi connectivity index (χ1) is 7.00. The van der Waals surface area contributed by atoms with Gasteiger partial charge >= 0.3 is 5.97 Å². The second-order valence-corrected chi connectivity index (χ2v) is 5.17. The summed E-state index contributed by atoms with van der Waals surface area (Å²) in [5.74, 6) is -0.722. The van der Waals surface area contributed by atoms with E-state index in [9.17, 15) is 15.0 Å². The van der Waals surface area contributed by atoms with E-state index in [-0.39, 0.29) is 11.5 Å². The van der Waals surface area contributed by atoms with Crippen molar-refractivity contribution in [1.29, 1.82) is 0 Å². The highest BCUT2D eigenvalue weighted by Gasteiger charge is 2.58. The molecule has 0 spiro atoms. The van der Waals surface area contributed by atoms with Crippen LogP contribution in [-0.4, -0.2) is 35.5 Å². The lowest BCUT2D eigenvalue weighted by molar-refractivity contribution is -0.208. The zero-order chi connectivity index (χ0) is 11.1. The second-order valence-electron chi connectivity index (χ2n) is 5.17. The average molecular weight is 214 g/mol. The number of carboxylic acids is 1. The minimum atomic E-state index is -0.722. The maximum Gasteiger partial charge on any atom is 0.310 e. The Morgan fingerprint density at radius 2 is 1.87 bits per heavy atom. The SMILES string of the molecule is CC1(C2(C(=O)O)CCC(O)CC2)COC1. The van der Waals surface area contributed by atoms with Gasteiger partial charge in [-0.3, -0.25) is 4.79 Å². The van der Waals surface area contributed by atoms with Gasteiger partial charge in [0.1, 0.15) is 0 Å². The van der Waals surface area contributed by atoms with E-state index >= 15 is 0 Å². The first-order valence-electron chi connectivity index (χ1n) is 5.49. The number of carboxylic acid groups (broad SMARTS) is 1. The van der Waals surface area contributed by atoms with Crippen molar-refractivity contribution in [2.45, 2.75) is 38.7 Å². The molecule has 0 bridgehead atoms. The average Bonchev–Trinajstić information content (AvgIpc) is 2.15. The molecule has 2 aliphatic rings. The molecule has 0 amide bonds. The Labute approximate surface area is 89.2 Å². The maximum atomic E-state index is 11.5. The molecule has 1 aliphatic carbocycles. The van der Waals surface area contributed by atoms with Crippen LogP contribution in [0.2, 0.25) is 0 Å². The molecular formula is C11H18O4. The molecule has 2 N–H and O–H groups in total. The molecule has 0 aromatic rings. The minimum Gasteiger partial charge on any atom is -0.481 e. The quantitative estimate of drug-likeness (QED) is 0.720. The molecule has 0 aromatic heterocycles. The fourth-order valence-electron chi connectivity index (χ4n) is 2.86. The molecule has 1 saturated heterocycles. The number of aliphatic hydroxyl groups excluding tert-OH is 1. The van der Waals surface area contributed by atoms with Crippen molar-refractivity contribution in [3.05, 3.63) is 0 Å². The van der Waals surface area contributed by atoms with E-state index < -0.39 is 11.4 Å². The predicted molar refractivity (Wildman–Crippen MR) is 53.5 cm³/mol. The molecule has 15 heavy (non-hydrogen) atoms. The molecular weight excluding hydrogens is 196 g/mol. The number of hydrogen-bond donors (Lipinski definition) is 2. The summed E-state index contributed by atoms with van der Waals surface area (Å²) in [6.45, 7) is 3.06. The highest BCUT2D eigenvalue weighted by atomic mass is 16.5. The smallest absolute Gasteiger partial charge is 0.310 e. The second kappa shape index (κ2) is 3.46. The topological polar surface area (TPSA) is 66.8 Å². The first-order valence-corrected chi connectivity index (χ1v) is 5.49. The van der Waals surface area contributed by atoms with Gasteiger partial charge in [0, 0.05) is 5.41 Å². The van der Waals surface area contributed by atoms with Crippen molar-refractivity contribution >= 4 is 5.97 Å². The standard InChI is InChI=1S/C11H18O4/c1-10(6-15-7-10)11(9(13)14)4-2-8(12)3-5-11/h8,12H,2-7H2,1H3,(H,13,14). The molecule has 0 aromatic carbocycles. The summed E-state index contributed by atoms with van der Waals surface area (Å²) in [7, 11) is 0. The van der Waals surface area contributed by atoms with Gasteiger partial charge in [-0.2, -0.15) is 0 Å². The van der Waals surface area contributed by atoms with Gasteiger partial charge in [-0.15, -0.1) is 0 Å². The monoisotopic (exact) mass is 214 g/mol. The Morgan fingerprint density at radius 1 is 1.33 bits per heavy atom. The van der Waals surface area contributed by atoms with Crippen LogP contribution in [0.15, 0.2) is 0 Å². The van der Waals surface area contributed by atoms with Crippen LogP contribution < -0.4 is 0 Å². The third kappa shape index (κ3) is 1.47. The summed E-state index contributed by atoms with van der Waals surface area (Å²) in [4.78, 5) is 11.5. The van der Waals surface area contributed by atoms with Gasteiger partial charge in [-0.1, -0.05) is 6.92 Å². The van der Waals surface area contributed by atoms with Crippen LogP contribution in [0, 0.1) is 10.8 Å². The molecule has 1 saturated carbocycles. The first kappa shape index (κ1) is 10.9. The molecule has 4 nitrogen and oxygen atoms in total. The molecule has 2 rings (SSSR count). The fourth-order valence-corrected chi connectivity index (χ4v) is 2.86. The van der Waals surface area contributed by atoms with E-state index in [2.05, 4.69) is 0 Å². The summed E-state index contributed by atoms with van der Waals surface area (Å²) >= 11 is 0. The number of rotatable bonds is 2. The molecule has 2 fully saturated rings. The van der Waals surface area contributed by atoms with Gasteiger partial charge in [0.2, 0.25) is 0 Å². The molecule has 0 unspecified atom stereocenters. The Kier molecular flexibility index (Phi) is 2.51. The molecule has 1 heterocycles. The van der Waals surface area contributed by atoms with Crippen molar-refractivity contribution in [2.75, 3.05) is 13.2 Å². The van der Waals surface area contributed by atoms with Gasteiger partial charge in [0.05, 0.1) is 24.7 Å². The van der Waals surface area contributed by atoms with Crippen LogP contribution >= 0.6 is 0 Å². The predicted octanol–water partition coefficient (Wildman–Crippen LogP) is 1.03. The summed E-state index contributed by atoms with van der Waals surface area (Å²) in [6, 6.07) is 0. The van der Waals surface area contributed by atoms with E-state index in [4.69, 9.17) is 4.74 Å². The number of aliphatic hydroxyl groups is 1. The molecule has 1 aliphatic heterocycles. The molecule has 86 valence electrons. The number of carbonyl (C=O) groups is 1. The zero-order valence-electron chi connectivity index (χ0n) is 9.03. The van der Waals surface area contributed by atoms with E-state index in [0.717, 1.165) is 0 Å². The lowest BCUT2D eigenvalue weighted by Gasteiger charge is -2.53. The van der Waals surface area contributed by atoms with Crippen molar-refractivity contribution < 1.29 is 19.7 Å². The van der Waals surface area contributed by atoms with Crippen LogP contribution in [0.25, 0.3) is 0 Å². The number of hydrogen-bond acceptors (Lipinski definition) is 3. The minimum absolute atomic E-state index is 0.237. The van der Waals surface area contributed by atoms with Crippen molar-refractivity contribution in [1.82, 2.24) is 0 Å². The van der Waals surface area contributed by atoms with E-state index in [0.29, 0.717) is 38.9 Å². The number of aliphatic carboxylic acids is 1. The largest absolute Gasteiger partial charge is 0.481 e. The highest BCUT2D eigenvalue weighted by Crippen LogP contribution is 2.53. The summed E-state index contributed by atoms with van der Waals surface area (Å²) < 4.78 is 5.17. The van der Waals surface area contributed by atoms with Crippen LogP contribution in [0.3, 0.4) is 0 Å². The lowest BCUT2D eigenvalue weighted by atomic mass is 9.56. The van der Waals surface area contributed by atoms with E-state index in [1.54, 1.807) is 0 Å². The maximum absolute atomic E-state index is 11.5. The summed E-state index contributed by atoms with van der Waals surface area (Å²) in [5.41, 5.74) is -0.913. The zero-order valence-corrected chi connectivity index (χ0v) is 9.03. The Hall–Kier alpha value is -0.610. The molecule has 0 radical (unpaired) electrons. The van der Waals surface area contributed by atoms with Gasteiger partial charge in [-0.05, 0) is 25.7 Å². The fraction of sp³-hybridized carbons (Fsp3) is 0.909. The van der Waals surface area contributed by atoms with Crippen LogP contribution in [0.5, 0.6) is 0 Å². The van der Waals surface area contributed by atoms with Gasteiger partial charge in [-0.25, -0.2) is 0 Å². The highest BCUT2D eigenvalue weighted by molar-refractivity contribution is 5.76. The third-order valence-corrected chi connectivity index (χ3v) is 4.21. The van der Waals surface area contributed by atoms with Crippen LogP contribution in [0.1, 0.15) is 32.6 Å². The van der Waals surface area contributed by atoms with Gasteiger partial charge in [0.15, 0.2) is 0 Å². The van der Waals surface area contributed by atoms with E-state index in [1.807, 2.05) is 6.92 Å². The lowest BCUT2D eigenvalue weighted by Crippen LogP contribution is -2.58. The summed E-state index contributed by atoms with van der Waals surface area (Å²) in [6.07, 6.45) is 2.03. The Bertz CT molecular complexity index is 262. The van der Waals surface area contributed by atoms with Gasteiger partial charge in [0.25, 0.3) is 0 Å². The van der Waals surface area contributed by atoms with Crippen molar-refractivity contribution in [3.63, 3.8) is 0 Å². The van der Waals surface area contributed by atoms with Crippen LogP contribution in [-0.2, 0) is 9.53 Å². The summed E-state index contributed by atoms with van der Waals surface area (Å²) in [5, 5.41) is 18.9. The normalized spacial score (nSPS) is 39.5.